The van der Waals surface area contributed by atoms with Crippen molar-refractivity contribution in [3.8, 4) is 0 Å². The summed E-state index contributed by atoms with van der Waals surface area (Å²) in [5, 5.41) is 14.1. The summed E-state index contributed by atoms with van der Waals surface area (Å²) in [5.74, 6) is 0.142. The Morgan fingerprint density at radius 1 is 1.11 bits per heavy atom. The van der Waals surface area contributed by atoms with E-state index in [1.807, 2.05) is 42.1 Å². The molecule has 0 aliphatic carbocycles. The molecule has 0 amide bonds. The summed E-state index contributed by atoms with van der Waals surface area (Å²) < 4.78 is 0.140. The van der Waals surface area contributed by atoms with Gasteiger partial charge in [-0.05, 0) is 22.9 Å². The first-order valence-electron chi connectivity index (χ1n) is 6.11. The second-order valence-corrected chi connectivity index (χ2v) is 7.23. The van der Waals surface area contributed by atoms with Crippen LogP contribution in [0.2, 0.25) is 0 Å². The molecule has 0 aliphatic heterocycles. The van der Waals surface area contributed by atoms with Gasteiger partial charge in [-0.3, -0.25) is 0 Å². The van der Waals surface area contributed by atoms with Gasteiger partial charge in [0.05, 0.1) is 0 Å². The van der Waals surface area contributed by atoms with Crippen LogP contribution in [0.3, 0.4) is 0 Å². The van der Waals surface area contributed by atoms with E-state index in [4.69, 9.17) is 10.9 Å². The molecule has 0 heterocycles. The fourth-order valence-electron chi connectivity index (χ4n) is 1.97. The van der Waals surface area contributed by atoms with Crippen LogP contribution in [0.15, 0.2) is 46.4 Å². The quantitative estimate of drug-likeness (QED) is 0.288. The van der Waals surface area contributed by atoms with E-state index in [2.05, 4.69) is 32.0 Å². The van der Waals surface area contributed by atoms with Crippen molar-refractivity contribution in [3.63, 3.8) is 0 Å². The van der Waals surface area contributed by atoms with Crippen LogP contribution in [0.4, 0.5) is 0 Å². The molecule has 4 heteroatoms. The summed E-state index contributed by atoms with van der Waals surface area (Å²) in [6.07, 6.45) is 0. The molecule has 2 rings (SSSR count). The number of oxime groups is 1. The zero-order valence-electron chi connectivity index (χ0n) is 11.3. The number of hydrogen-bond donors (Lipinski definition) is 2. The molecule has 19 heavy (non-hydrogen) atoms. The molecule has 3 nitrogen and oxygen atoms in total. The molecule has 0 saturated carbocycles. The SMILES string of the molecule is CC(C)(C)Sc1ccc(/C(N)=N/O)c2ccccc12. The Balaban J connectivity index is 2.65. The fraction of sp³-hybridized carbons (Fsp3) is 0.267. The second-order valence-electron chi connectivity index (χ2n) is 5.36. The first kappa shape index (κ1) is 13.7. The van der Waals surface area contributed by atoms with Crippen molar-refractivity contribution in [1.29, 1.82) is 0 Å². The highest BCUT2D eigenvalue weighted by Gasteiger charge is 2.15. The van der Waals surface area contributed by atoms with Crippen LogP contribution in [0, 0.1) is 0 Å². The van der Waals surface area contributed by atoms with Crippen LogP contribution >= 0.6 is 11.8 Å². The van der Waals surface area contributed by atoms with Crippen molar-refractivity contribution < 1.29 is 5.21 Å². The average Bonchev–Trinajstić information content (AvgIpc) is 2.36. The van der Waals surface area contributed by atoms with Crippen molar-refractivity contribution >= 4 is 28.4 Å². The van der Waals surface area contributed by atoms with Crippen LogP contribution < -0.4 is 5.73 Å². The van der Waals surface area contributed by atoms with E-state index < -0.39 is 0 Å². The van der Waals surface area contributed by atoms with Gasteiger partial charge in [-0.1, -0.05) is 50.2 Å². The molecule has 0 radical (unpaired) electrons. The van der Waals surface area contributed by atoms with Gasteiger partial charge < -0.3 is 10.9 Å². The molecule has 0 atom stereocenters. The number of nitrogens with zero attached hydrogens (tertiary/aromatic N) is 1. The van der Waals surface area contributed by atoms with Crippen LogP contribution in [0.1, 0.15) is 26.3 Å². The van der Waals surface area contributed by atoms with E-state index in [0.29, 0.717) is 0 Å². The molecule has 3 N–H and O–H groups in total. The number of fused-ring (bicyclic) bond motifs is 1. The lowest BCUT2D eigenvalue weighted by atomic mass is 10.0. The van der Waals surface area contributed by atoms with Gasteiger partial charge in [0.1, 0.15) is 0 Å². The molecular weight excluding hydrogens is 256 g/mol. The Hall–Kier alpha value is -1.68. The van der Waals surface area contributed by atoms with E-state index in [-0.39, 0.29) is 10.6 Å². The van der Waals surface area contributed by atoms with E-state index in [9.17, 15) is 0 Å². The predicted octanol–water partition coefficient (Wildman–Crippen LogP) is 3.82. The van der Waals surface area contributed by atoms with Crippen LogP contribution in [0.5, 0.6) is 0 Å². The Labute approximate surface area is 117 Å². The largest absolute Gasteiger partial charge is 0.409 e. The van der Waals surface area contributed by atoms with Gasteiger partial charge in [-0.15, -0.1) is 11.8 Å². The summed E-state index contributed by atoms with van der Waals surface area (Å²) in [6.45, 7) is 6.55. The fourth-order valence-corrected chi connectivity index (χ4v) is 3.05. The molecular formula is C15H18N2OS. The van der Waals surface area contributed by atoms with E-state index in [1.165, 1.54) is 4.90 Å². The molecule has 2 aromatic carbocycles. The topological polar surface area (TPSA) is 58.6 Å². The summed E-state index contributed by atoms with van der Waals surface area (Å²) in [5.41, 5.74) is 6.49. The highest BCUT2D eigenvalue weighted by Crippen LogP contribution is 2.37. The lowest BCUT2D eigenvalue weighted by Crippen LogP contribution is -2.14. The summed E-state index contributed by atoms with van der Waals surface area (Å²) >= 11 is 1.82. The predicted molar refractivity (Wildman–Crippen MR) is 82.1 cm³/mol. The third-order valence-corrected chi connectivity index (χ3v) is 3.87. The van der Waals surface area contributed by atoms with Crippen LogP contribution in [-0.2, 0) is 0 Å². The standard InChI is InChI=1S/C15H18N2OS/c1-15(2,3)19-13-9-8-12(14(16)17-18)10-6-4-5-7-11(10)13/h4-9,18H,1-3H3,(H2,16,17). The molecule has 2 aromatic rings. The summed E-state index contributed by atoms with van der Waals surface area (Å²) in [7, 11) is 0. The average molecular weight is 274 g/mol. The summed E-state index contributed by atoms with van der Waals surface area (Å²) in [6, 6.07) is 12.0. The third kappa shape index (κ3) is 3.01. The maximum Gasteiger partial charge on any atom is 0.170 e. The molecule has 100 valence electrons. The highest BCUT2D eigenvalue weighted by molar-refractivity contribution is 8.00. The van der Waals surface area contributed by atoms with Crippen LogP contribution in [0.25, 0.3) is 10.8 Å². The lowest BCUT2D eigenvalue weighted by molar-refractivity contribution is 0.318. The third-order valence-electron chi connectivity index (χ3n) is 2.68. The molecule has 0 aliphatic rings. The summed E-state index contributed by atoms with van der Waals surface area (Å²) in [4.78, 5) is 1.21. The Morgan fingerprint density at radius 3 is 2.32 bits per heavy atom. The number of amidine groups is 1. The smallest absolute Gasteiger partial charge is 0.170 e. The van der Waals surface area contributed by atoms with E-state index in [1.54, 1.807) is 0 Å². The van der Waals surface area contributed by atoms with Gasteiger partial charge in [0.15, 0.2) is 5.84 Å². The van der Waals surface area contributed by atoms with Crippen molar-refractivity contribution in [2.24, 2.45) is 10.9 Å². The van der Waals surface area contributed by atoms with E-state index >= 15 is 0 Å². The van der Waals surface area contributed by atoms with Gasteiger partial charge >= 0.3 is 0 Å². The minimum atomic E-state index is 0.140. The minimum Gasteiger partial charge on any atom is -0.409 e. The van der Waals surface area contributed by atoms with Crippen molar-refractivity contribution in [3.05, 3.63) is 42.0 Å². The normalized spacial score (nSPS) is 12.9. The van der Waals surface area contributed by atoms with Crippen molar-refractivity contribution in [2.45, 2.75) is 30.4 Å². The molecule has 0 aromatic heterocycles. The van der Waals surface area contributed by atoms with Gasteiger partial charge in [-0.2, -0.15) is 0 Å². The van der Waals surface area contributed by atoms with E-state index in [0.717, 1.165) is 16.3 Å². The number of nitrogens with two attached hydrogens (primary N) is 1. The van der Waals surface area contributed by atoms with Gasteiger partial charge in [0, 0.05) is 15.2 Å². The van der Waals surface area contributed by atoms with Crippen LogP contribution in [-0.4, -0.2) is 15.8 Å². The van der Waals surface area contributed by atoms with Gasteiger partial charge in [0.25, 0.3) is 0 Å². The first-order chi connectivity index (χ1) is 8.92. The van der Waals surface area contributed by atoms with Gasteiger partial charge in [-0.25, -0.2) is 0 Å². The lowest BCUT2D eigenvalue weighted by Gasteiger charge is -2.19. The molecule has 0 saturated heterocycles. The second kappa shape index (κ2) is 5.13. The zero-order chi connectivity index (χ0) is 14.0. The molecule has 0 unspecified atom stereocenters. The molecule has 0 spiro atoms. The monoisotopic (exact) mass is 274 g/mol. The first-order valence-corrected chi connectivity index (χ1v) is 6.93. The minimum absolute atomic E-state index is 0.140. The zero-order valence-corrected chi connectivity index (χ0v) is 12.2. The number of benzene rings is 2. The number of thioether (sulfide) groups is 1. The van der Waals surface area contributed by atoms with Gasteiger partial charge in [0.2, 0.25) is 0 Å². The molecule has 0 fully saturated rings. The number of hydrogen-bond acceptors (Lipinski definition) is 3. The maximum atomic E-state index is 8.86. The highest BCUT2D eigenvalue weighted by atomic mass is 32.2. The van der Waals surface area contributed by atoms with Crippen molar-refractivity contribution in [1.82, 2.24) is 0 Å². The number of rotatable bonds is 2. The maximum absolute atomic E-state index is 8.86. The Kier molecular flexibility index (Phi) is 3.71. The molecule has 0 bridgehead atoms. The Morgan fingerprint density at radius 2 is 1.74 bits per heavy atom. The van der Waals surface area contributed by atoms with Crippen molar-refractivity contribution in [2.75, 3.05) is 0 Å². The Bertz CT molecular complexity index is 630.